The number of nitrogens with zero attached hydrogens (tertiary/aromatic N) is 5. The molecule has 3 heterocycles. The van der Waals surface area contributed by atoms with Gasteiger partial charge in [0.15, 0.2) is 0 Å². The summed E-state index contributed by atoms with van der Waals surface area (Å²) in [6.45, 7) is 14.8. The summed E-state index contributed by atoms with van der Waals surface area (Å²) in [4.78, 5) is 16.2. The maximum absolute atomic E-state index is 4.39. The van der Waals surface area contributed by atoms with E-state index < -0.39 is 0 Å². The van der Waals surface area contributed by atoms with Gasteiger partial charge < -0.3 is 20.9 Å². The molecule has 234 valence electrons. The maximum Gasteiger partial charge on any atom is 0.225 e. The van der Waals surface area contributed by atoms with Gasteiger partial charge in [-0.15, -0.1) is 74.4 Å². The summed E-state index contributed by atoms with van der Waals surface area (Å²) in [7, 11) is 0. The van der Waals surface area contributed by atoms with Crippen LogP contribution in [-0.4, -0.2) is 98.3 Å². The van der Waals surface area contributed by atoms with E-state index in [4.69, 9.17) is 0 Å². The highest BCUT2D eigenvalue weighted by atomic mass is 35.5. The molecule has 3 N–H and O–H groups in total. The number of piperazine rings is 1. The lowest BCUT2D eigenvalue weighted by atomic mass is 10.1. The van der Waals surface area contributed by atoms with Crippen molar-refractivity contribution < 1.29 is 0 Å². The third-order valence-corrected chi connectivity index (χ3v) is 6.66. The van der Waals surface area contributed by atoms with Crippen LogP contribution in [0, 0.1) is 0 Å². The van der Waals surface area contributed by atoms with Crippen LogP contribution in [0.3, 0.4) is 0 Å². The van der Waals surface area contributed by atoms with Crippen molar-refractivity contribution in [3.05, 3.63) is 53.9 Å². The molecule has 0 spiro atoms. The lowest BCUT2D eigenvalue weighted by Crippen LogP contribution is -2.46. The zero-order valence-corrected chi connectivity index (χ0v) is 27.9. The lowest BCUT2D eigenvalue weighted by Gasteiger charge is -2.34. The molecule has 1 aromatic heterocycles. The standard InChI is InChI=1S/C26H42N8.6ClH/c1-8-27-13-14-28-10-3-16-32(17-15-29-9-1)22-24-4-6-25(7-5-24)23-33-18-20-34(21-19-33)26-30-11-2-12-31-26;;;;;;/h2,4-7,11-12,27-29H,1,3,8-10,13-23H2;6*1H. The molecule has 0 unspecified atom stereocenters. The number of halogens is 6. The summed E-state index contributed by atoms with van der Waals surface area (Å²) in [5.74, 6) is 0.849. The average Bonchev–Trinajstić information content (AvgIpc) is 2.88. The number of anilines is 1. The highest BCUT2D eigenvalue weighted by Crippen LogP contribution is 2.14. The Kier molecular flexibility index (Phi) is 29.0. The van der Waals surface area contributed by atoms with Gasteiger partial charge in [-0.05, 0) is 56.2 Å². The van der Waals surface area contributed by atoms with E-state index in [1.54, 1.807) is 0 Å². The van der Waals surface area contributed by atoms with Gasteiger partial charge in [-0.25, -0.2) is 9.97 Å². The molecule has 2 saturated heterocycles. The molecule has 2 aliphatic rings. The van der Waals surface area contributed by atoms with E-state index in [9.17, 15) is 0 Å². The molecule has 0 radical (unpaired) electrons. The molecule has 0 saturated carbocycles. The molecule has 0 amide bonds. The van der Waals surface area contributed by atoms with Crippen LogP contribution in [0.15, 0.2) is 42.7 Å². The molecular formula is C26H48Cl6N8. The van der Waals surface area contributed by atoms with Crippen LogP contribution in [0.2, 0.25) is 0 Å². The van der Waals surface area contributed by atoms with Gasteiger partial charge in [0.2, 0.25) is 5.95 Å². The topological polar surface area (TPSA) is 71.6 Å². The Morgan fingerprint density at radius 3 is 1.55 bits per heavy atom. The van der Waals surface area contributed by atoms with Gasteiger partial charge in [0.1, 0.15) is 0 Å². The van der Waals surface area contributed by atoms with E-state index in [-0.39, 0.29) is 74.4 Å². The first-order valence-corrected chi connectivity index (χ1v) is 13.0. The van der Waals surface area contributed by atoms with Crippen molar-refractivity contribution in [2.24, 2.45) is 0 Å². The molecular weight excluding hydrogens is 637 g/mol. The van der Waals surface area contributed by atoms with Gasteiger partial charge in [0.25, 0.3) is 0 Å². The van der Waals surface area contributed by atoms with Crippen molar-refractivity contribution in [1.82, 2.24) is 35.7 Å². The van der Waals surface area contributed by atoms with Crippen molar-refractivity contribution in [1.29, 1.82) is 0 Å². The number of aromatic nitrogens is 2. The van der Waals surface area contributed by atoms with E-state index in [0.29, 0.717) is 0 Å². The molecule has 0 bridgehead atoms. The van der Waals surface area contributed by atoms with Gasteiger partial charge in [-0.2, -0.15) is 0 Å². The van der Waals surface area contributed by atoms with Gasteiger partial charge in [0, 0.05) is 77.8 Å². The number of benzene rings is 1. The van der Waals surface area contributed by atoms with Crippen LogP contribution in [0.25, 0.3) is 0 Å². The first kappa shape index (κ1) is 44.1. The second-order valence-corrected chi connectivity index (χ2v) is 9.36. The molecule has 14 heteroatoms. The molecule has 4 rings (SSSR count). The Balaban J connectivity index is -0.00000228. The molecule has 2 aliphatic heterocycles. The Morgan fingerprint density at radius 1 is 0.525 bits per heavy atom. The maximum atomic E-state index is 4.39. The zero-order valence-electron chi connectivity index (χ0n) is 23.0. The van der Waals surface area contributed by atoms with Crippen molar-refractivity contribution in [2.45, 2.75) is 25.9 Å². The lowest BCUT2D eigenvalue weighted by molar-refractivity contribution is 0.248. The fourth-order valence-electron chi connectivity index (χ4n) is 4.65. The van der Waals surface area contributed by atoms with Crippen LogP contribution in [0.1, 0.15) is 24.0 Å². The zero-order chi connectivity index (χ0) is 23.3. The number of hydrogen-bond donors (Lipinski definition) is 3. The van der Waals surface area contributed by atoms with Crippen LogP contribution in [-0.2, 0) is 13.1 Å². The monoisotopic (exact) mass is 682 g/mol. The fraction of sp³-hybridized carbons (Fsp3) is 0.615. The van der Waals surface area contributed by atoms with Gasteiger partial charge in [-0.3, -0.25) is 9.80 Å². The first-order chi connectivity index (χ1) is 16.9. The Bertz CT molecular complexity index is 803. The summed E-state index contributed by atoms with van der Waals surface area (Å²) in [6, 6.07) is 11.2. The summed E-state index contributed by atoms with van der Waals surface area (Å²) < 4.78 is 0. The Labute approximate surface area is 278 Å². The fourth-order valence-corrected chi connectivity index (χ4v) is 4.65. The molecule has 2 aromatic rings. The quantitative estimate of drug-likeness (QED) is 0.441. The third-order valence-electron chi connectivity index (χ3n) is 6.66. The minimum absolute atomic E-state index is 0. The highest BCUT2D eigenvalue weighted by molar-refractivity contribution is 5.86. The number of nitrogens with one attached hydrogen (secondary N) is 3. The van der Waals surface area contributed by atoms with Crippen molar-refractivity contribution in [3.63, 3.8) is 0 Å². The molecule has 8 nitrogen and oxygen atoms in total. The molecule has 2 fully saturated rings. The molecule has 1 aromatic carbocycles. The van der Waals surface area contributed by atoms with Crippen molar-refractivity contribution >= 4 is 80.4 Å². The second kappa shape index (κ2) is 26.3. The van der Waals surface area contributed by atoms with Crippen molar-refractivity contribution in [3.8, 4) is 0 Å². The summed E-state index contributed by atoms with van der Waals surface area (Å²) in [5.41, 5.74) is 2.81. The van der Waals surface area contributed by atoms with E-state index in [1.165, 1.54) is 24.0 Å². The van der Waals surface area contributed by atoms with E-state index in [2.05, 4.69) is 64.9 Å². The van der Waals surface area contributed by atoms with Crippen LogP contribution in [0.5, 0.6) is 0 Å². The summed E-state index contributed by atoms with van der Waals surface area (Å²) >= 11 is 0. The number of rotatable bonds is 5. The second-order valence-electron chi connectivity index (χ2n) is 9.36. The smallest absolute Gasteiger partial charge is 0.225 e. The predicted octanol–water partition coefficient (Wildman–Crippen LogP) is 3.69. The van der Waals surface area contributed by atoms with Crippen LogP contribution in [0.4, 0.5) is 5.95 Å². The van der Waals surface area contributed by atoms with Crippen LogP contribution < -0.4 is 20.9 Å². The SMILES string of the molecule is Cl.Cl.Cl.Cl.Cl.Cl.c1cnc(N2CCN(Cc3ccc(CN4CCCNCCNCCCNCC4)cc3)CC2)nc1. The van der Waals surface area contributed by atoms with Crippen LogP contribution >= 0.6 is 74.4 Å². The Hall–Kier alpha value is -0.360. The minimum atomic E-state index is 0. The van der Waals surface area contributed by atoms with E-state index >= 15 is 0 Å². The van der Waals surface area contributed by atoms with Gasteiger partial charge >= 0.3 is 0 Å². The summed E-state index contributed by atoms with van der Waals surface area (Å²) in [5, 5.41) is 10.7. The normalized spacial score (nSPS) is 17.6. The predicted molar refractivity (Wildman–Crippen MR) is 183 cm³/mol. The van der Waals surface area contributed by atoms with Crippen molar-refractivity contribution in [2.75, 3.05) is 83.4 Å². The van der Waals surface area contributed by atoms with E-state index in [1.807, 2.05) is 18.5 Å². The number of hydrogen-bond acceptors (Lipinski definition) is 8. The first-order valence-electron chi connectivity index (χ1n) is 13.0. The minimum Gasteiger partial charge on any atom is -0.338 e. The molecule has 0 atom stereocenters. The Morgan fingerprint density at radius 2 is 1.00 bits per heavy atom. The highest BCUT2D eigenvalue weighted by Gasteiger charge is 2.18. The largest absolute Gasteiger partial charge is 0.338 e. The summed E-state index contributed by atoms with van der Waals surface area (Å²) in [6.07, 6.45) is 6.03. The van der Waals surface area contributed by atoms with Gasteiger partial charge in [0.05, 0.1) is 0 Å². The molecule has 0 aliphatic carbocycles. The molecule has 40 heavy (non-hydrogen) atoms. The third kappa shape index (κ3) is 16.3. The van der Waals surface area contributed by atoms with E-state index in [0.717, 1.165) is 97.6 Å². The van der Waals surface area contributed by atoms with Gasteiger partial charge in [-0.1, -0.05) is 24.3 Å². The average molecular weight is 685 g/mol.